The summed E-state index contributed by atoms with van der Waals surface area (Å²) in [5, 5.41) is 22.6. The van der Waals surface area contributed by atoms with Crippen LogP contribution in [0.2, 0.25) is 0 Å². The van der Waals surface area contributed by atoms with Gasteiger partial charge >= 0.3 is 0 Å². The van der Waals surface area contributed by atoms with Crippen LogP contribution in [-0.4, -0.2) is 25.3 Å². The molecule has 0 bridgehead atoms. The van der Waals surface area contributed by atoms with Crippen LogP contribution < -0.4 is 5.73 Å². The fourth-order valence-electron chi connectivity index (χ4n) is 1.85. The summed E-state index contributed by atoms with van der Waals surface area (Å²) >= 11 is 1.41. The fourth-order valence-corrected chi connectivity index (χ4v) is 2.39. The van der Waals surface area contributed by atoms with Gasteiger partial charge in [-0.3, -0.25) is 4.98 Å². The maximum absolute atomic E-state index is 9.46. The van der Waals surface area contributed by atoms with Crippen molar-refractivity contribution < 1.29 is 14.7 Å². The summed E-state index contributed by atoms with van der Waals surface area (Å²) in [5.74, 6) is 0.413. The molecule has 0 saturated carbocycles. The summed E-state index contributed by atoms with van der Waals surface area (Å²) in [6.45, 7) is 0. The van der Waals surface area contributed by atoms with E-state index in [1.807, 2.05) is 0 Å². The monoisotopic (exact) mass is 304 g/mol. The van der Waals surface area contributed by atoms with E-state index < -0.39 is 6.04 Å². The van der Waals surface area contributed by atoms with Crippen molar-refractivity contribution in [2.45, 2.75) is 12.5 Å². The molecule has 1 unspecified atom stereocenters. The minimum absolute atomic E-state index is 0.169. The average molecular weight is 304 g/mol. The molecule has 0 saturated heterocycles. The van der Waals surface area contributed by atoms with Gasteiger partial charge in [0.2, 0.25) is 11.7 Å². The van der Waals surface area contributed by atoms with Gasteiger partial charge in [0.1, 0.15) is 0 Å². The number of hydrogen-bond donors (Lipinski definition) is 3. The topological polar surface area (TPSA) is 118 Å². The first-order valence-corrected chi connectivity index (χ1v) is 7.00. The quantitative estimate of drug-likeness (QED) is 0.629. The van der Waals surface area contributed by atoms with Gasteiger partial charge in [-0.05, 0) is 24.1 Å². The molecular weight excluding hydrogens is 292 g/mol. The van der Waals surface area contributed by atoms with Crippen LogP contribution in [0.3, 0.4) is 0 Å². The van der Waals surface area contributed by atoms with Crippen molar-refractivity contribution in [3.05, 3.63) is 41.4 Å². The molecule has 4 N–H and O–H groups in total. The van der Waals surface area contributed by atoms with Crippen molar-refractivity contribution in [2.75, 3.05) is 0 Å². The van der Waals surface area contributed by atoms with Crippen LogP contribution in [0.1, 0.15) is 17.5 Å². The van der Waals surface area contributed by atoms with E-state index in [4.69, 9.17) is 10.3 Å². The predicted molar refractivity (Wildman–Crippen MR) is 75.8 cm³/mol. The van der Waals surface area contributed by atoms with Gasteiger partial charge in [-0.1, -0.05) is 11.2 Å². The Balaban J connectivity index is 1.76. The van der Waals surface area contributed by atoms with E-state index in [0.29, 0.717) is 18.1 Å². The second-order valence-corrected chi connectivity index (χ2v) is 5.34. The van der Waals surface area contributed by atoms with Gasteiger partial charge in [0.25, 0.3) is 0 Å². The number of aromatic nitrogens is 3. The Morgan fingerprint density at radius 1 is 1.29 bits per heavy atom. The summed E-state index contributed by atoms with van der Waals surface area (Å²) in [6.07, 6.45) is 2.06. The molecule has 1 aromatic carbocycles. The van der Waals surface area contributed by atoms with Crippen molar-refractivity contribution in [1.29, 1.82) is 0 Å². The van der Waals surface area contributed by atoms with Gasteiger partial charge in [0, 0.05) is 6.20 Å². The molecule has 1 atom stereocenters. The van der Waals surface area contributed by atoms with E-state index in [9.17, 15) is 10.2 Å². The highest BCUT2D eigenvalue weighted by Crippen LogP contribution is 2.27. The molecule has 2 heterocycles. The molecule has 3 rings (SSSR count). The standard InChI is InChI=1S/C13H12N4O3S/c14-8(3-7-1-2-9(18)10(19)4-7)13-16-12(17-20-13)11-5-15-6-21-11/h1-2,4-6,8,18-19H,3,14H2. The predicted octanol–water partition coefficient (Wildman–Crippen LogP) is 1.85. The molecule has 2 aromatic heterocycles. The lowest BCUT2D eigenvalue weighted by molar-refractivity contribution is 0.354. The molecule has 7 nitrogen and oxygen atoms in total. The zero-order valence-corrected chi connectivity index (χ0v) is 11.6. The van der Waals surface area contributed by atoms with Crippen molar-refractivity contribution in [3.8, 4) is 22.2 Å². The first-order chi connectivity index (χ1) is 10.1. The molecule has 8 heteroatoms. The number of phenols is 2. The number of phenolic OH excluding ortho intramolecular Hbond substituents is 2. The minimum Gasteiger partial charge on any atom is -0.504 e. The highest BCUT2D eigenvalue weighted by Gasteiger charge is 2.17. The maximum atomic E-state index is 9.46. The molecule has 0 aliphatic carbocycles. The van der Waals surface area contributed by atoms with Crippen LogP contribution in [0.4, 0.5) is 0 Å². The first kappa shape index (κ1) is 13.5. The summed E-state index contributed by atoms with van der Waals surface area (Å²) in [6, 6.07) is 4.04. The first-order valence-electron chi connectivity index (χ1n) is 6.12. The van der Waals surface area contributed by atoms with Crippen LogP contribution >= 0.6 is 11.3 Å². The molecular formula is C13H12N4O3S. The van der Waals surface area contributed by atoms with Crippen LogP contribution in [0.15, 0.2) is 34.4 Å². The van der Waals surface area contributed by atoms with Crippen LogP contribution in [0.5, 0.6) is 11.5 Å². The summed E-state index contributed by atoms with van der Waals surface area (Å²) < 4.78 is 5.16. The van der Waals surface area contributed by atoms with Gasteiger partial charge in [-0.15, -0.1) is 11.3 Å². The number of hydrogen-bond acceptors (Lipinski definition) is 8. The number of nitrogens with two attached hydrogens (primary N) is 1. The molecule has 0 spiro atoms. The fraction of sp³-hybridized carbons (Fsp3) is 0.154. The normalized spacial score (nSPS) is 12.4. The number of benzene rings is 1. The van der Waals surface area contributed by atoms with Crippen molar-refractivity contribution in [2.24, 2.45) is 5.73 Å². The summed E-state index contributed by atoms with van der Waals surface area (Å²) in [5.41, 5.74) is 8.47. The highest BCUT2D eigenvalue weighted by molar-refractivity contribution is 7.13. The SMILES string of the molecule is NC(Cc1ccc(O)c(O)c1)c1nc(-c2cncs2)no1. The Bertz CT molecular complexity index is 742. The van der Waals surface area contributed by atoms with E-state index in [1.54, 1.807) is 17.8 Å². The Hall–Kier alpha value is -2.45. The molecule has 0 aliphatic heterocycles. The maximum Gasteiger partial charge on any atom is 0.244 e. The Labute approximate surface area is 123 Å². The number of thiazole rings is 1. The lowest BCUT2D eigenvalue weighted by Gasteiger charge is -2.07. The lowest BCUT2D eigenvalue weighted by atomic mass is 10.1. The van der Waals surface area contributed by atoms with Crippen molar-refractivity contribution in [1.82, 2.24) is 15.1 Å². The van der Waals surface area contributed by atoms with Crippen LogP contribution in [-0.2, 0) is 6.42 Å². The third-order valence-electron chi connectivity index (χ3n) is 2.91. The largest absolute Gasteiger partial charge is 0.504 e. The number of aromatic hydroxyl groups is 2. The molecule has 0 aliphatic rings. The third kappa shape index (κ3) is 2.86. The third-order valence-corrected chi connectivity index (χ3v) is 3.68. The minimum atomic E-state index is -0.497. The lowest BCUT2D eigenvalue weighted by Crippen LogP contribution is -2.13. The molecule has 108 valence electrons. The number of nitrogens with zero attached hydrogens (tertiary/aromatic N) is 3. The Kier molecular flexibility index (Phi) is 3.55. The van der Waals surface area contributed by atoms with Gasteiger partial charge in [0.05, 0.1) is 16.4 Å². The van der Waals surface area contributed by atoms with E-state index in [2.05, 4.69) is 15.1 Å². The van der Waals surface area contributed by atoms with Crippen molar-refractivity contribution in [3.63, 3.8) is 0 Å². The molecule has 0 radical (unpaired) electrons. The zero-order valence-electron chi connectivity index (χ0n) is 10.8. The highest BCUT2D eigenvalue weighted by atomic mass is 32.1. The molecule has 3 aromatic rings. The molecule has 0 fully saturated rings. The zero-order chi connectivity index (χ0) is 14.8. The summed E-state index contributed by atoms with van der Waals surface area (Å²) in [4.78, 5) is 9.00. The van der Waals surface area contributed by atoms with Crippen LogP contribution in [0.25, 0.3) is 10.7 Å². The molecule has 21 heavy (non-hydrogen) atoms. The van der Waals surface area contributed by atoms with Crippen LogP contribution in [0, 0.1) is 0 Å². The van der Waals surface area contributed by atoms with E-state index in [-0.39, 0.29) is 11.5 Å². The van der Waals surface area contributed by atoms with Crippen molar-refractivity contribution >= 4 is 11.3 Å². The van der Waals surface area contributed by atoms with E-state index in [1.165, 1.54) is 23.5 Å². The Morgan fingerprint density at radius 2 is 2.14 bits per heavy atom. The van der Waals surface area contributed by atoms with E-state index in [0.717, 1.165) is 10.4 Å². The van der Waals surface area contributed by atoms with E-state index >= 15 is 0 Å². The Morgan fingerprint density at radius 3 is 2.86 bits per heavy atom. The van der Waals surface area contributed by atoms with Gasteiger partial charge in [-0.2, -0.15) is 4.98 Å². The second-order valence-electron chi connectivity index (χ2n) is 4.46. The smallest absolute Gasteiger partial charge is 0.244 e. The van der Waals surface area contributed by atoms with Gasteiger partial charge in [-0.25, -0.2) is 0 Å². The summed E-state index contributed by atoms with van der Waals surface area (Å²) in [7, 11) is 0. The van der Waals surface area contributed by atoms with Gasteiger partial charge in [0.15, 0.2) is 11.5 Å². The molecule has 0 amide bonds. The average Bonchev–Trinajstić information content (AvgIpc) is 3.12. The van der Waals surface area contributed by atoms with Gasteiger partial charge < -0.3 is 20.5 Å². The number of rotatable bonds is 4. The second kappa shape index (κ2) is 5.51.